The Morgan fingerprint density at radius 1 is 1.28 bits per heavy atom. The van der Waals surface area contributed by atoms with E-state index < -0.39 is 6.04 Å². The highest BCUT2D eigenvalue weighted by atomic mass is 35.5. The lowest BCUT2D eigenvalue weighted by Crippen LogP contribution is -2.49. The molecule has 2 saturated heterocycles. The summed E-state index contributed by atoms with van der Waals surface area (Å²) < 4.78 is 5.19. The van der Waals surface area contributed by atoms with Crippen LogP contribution in [-0.4, -0.2) is 53.5 Å². The van der Waals surface area contributed by atoms with Gasteiger partial charge in [0.1, 0.15) is 16.9 Å². The van der Waals surface area contributed by atoms with Crippen LogP contribution in [0.25, 0.3) is 0 Å². The van der Waals surface area contributed by atoms with Crippen molar-refractivity contribution in [2.75, 3.05) is 18.6 Å². The average Bonchev–Trinajstić information content (AvgIpc) is 2.98. The SMILES string of the molecule is COc1cccc(N2C(=O)C3CC(NC(=O)c4ccnc(Cl)c4)CCN3C2=O)c1. The first-order valence-electron chi connectivity index (χ1n) is 9.19. The first-order valence-corrected chi connectivity index (χ1v) is 9.57. The molecule has 0 aliphatic carbocycles. The normalized spacial score (nSPS) is 21.2. The molecule has 3 heterocycles. The van der Waals surface area contributed by atoms with Crippen molar-refractivity contribution in [1.82, 2.24) is 15.2 Å². The van der Waals surface area contributed by atoms with E-state index in [1.807, 2.05) is 0 Å². The number of pyridine rings is 1. The molecule has 0 saturated carbocycles. The maximum Gasteiger partial charge on any atom is 0.332 e. The second-order valence-corrected chi connectivity index (χ2v) is 7.32. The van der Waals surface area contributed by atoms with Crippen molar-refractivity contribution in [3.63, 3.8) is 0 Å². The summed E-state index contributed by atoms with van der Waals surface area (Å²) in [5.74, 6) is -0.0162. The molecule has 8 nitrogen and oxygen atoms in total. The van der Waals surface area contributed by atoms with Gasteiger partial charge in [-0.15, -0.1) is 0 Å². The summed E-state index contributed by atoms with van der Waals surface area (Å²) >= 11 is 5.84. The Bertz CT molecular complexity index is 982. The third-order valence-electron chi connectivity index (χ3n) is 5.18. The standard InChI is InChI=1S/C20H19ClN4O4/c1-29-15-4-2-3-14(11-15)25-19(27)16-10-13(6-8-24(16)20(25)28)23-18(26)12-5-7-22-17(21)9-12/h2-5,7,9,11,13,16H,6,8,10H2,1H3,(H,23,26). The summed E-state index contributed by atoms with van der Waals surface area (Å²) in [5, 5.41) is 3.16. The lowest BCUT2D eigenvalue weighted by molar-refractivity contribution is -0.120. The number of carbonyl (C=O) groups is 3. The van der Waals surface area contributed by atoms with E-state index in [0.717, 1.165) is 0 Å². The zero-order valence-electron chi connectivity index (χ0n) is 15.7. The number of rotatable bonds is 4. The summed E-state index contributed by atoms with van der Waals surface area (Å²) in [5.41, 5.74) is 0.875. The largest absolute Gasteiger partial charge is 0.497 e. The molecule has 0 radical (unpaired) electrons. The second-order valence-electron chi connectivity index (χ2n) is 6.93. The fraction of sp³-hybridized carbons (Fsp3) is 0.300. The minimum absolute atomic E-state index is 0.224. The zero-order valence-corrected chi connectivity index (χ0v) is 16.4. The summed E-state index contributed by atoms with van der Waals surface area (Å²) in [4.78, 5) is 44.9. The van der Waals surface area contributed by atoms with Crippen molar-refractivity contribution in [2.45, 2.75) is 24.9 Å². The monoisotopic (exact) mass is 414 g/mol. The number of amides is 4. The molecule has 9 heteroatoms. The van der Waals surface area contributed by atoms with Crippen LogP contribution < -0.4 is 15.0 Å². The number of fused-ring (bicyclic) bond motifs is 1. The first-order chi connectivity index (χ1) is 14.0. The van der Waals surface area contributed by atoms with Crippen LogP contribution in [0.2, 0.25) is 5.15 Å². The highest BCUT2D eigenvalue weighted by molar-refractivity contribution is 6.29. The summed E-state index contributed by atoms with van der Waals surface area (Å²) in [6.45, 7) is 0.387. The molecule has 2 fully saturated rings. The maximum atomic E-state index is 13.0. The molecular weight excluding hydrogens is 396 g/mol. The molecule has 2 aromatic rings. The summed E-state index contributed by atoms with van der Waals surface area (Å²) in [7, 11) is 1.53. The fourth-order valence-corrected chi connectivity index (χ4v) is 3.90. The highest BCUT2D eigenvalue weighted by Gasteiger charge is 2.48. The molecule has 150 valence electrons. The topological polar surface area (TPSA) is 91.8 Å². The van der Waals surface area contributed by atoms with E-state index in [1.54, 1.807) is 35.2 Å². The van der Waals surface area contributed by atoms with Gasteiger partial charge in [0.15, 0.2) is 0 Å². The van der Waals surface area contributed by atoms with Gasteiger partial charge in [0.2, 0.25) is 0 Å². The van der Waals surface area contributed by atoms with Gasteiger partial charge >= 0.3 is 6.03 Å². The van der Waals surface area contributed by atoms with Gasteiger partial charge in [0, 0.05) is 30.4 Å². The van der Waals surface area contributed by atoms with Crippen LogP contribution in [0.5, 0.6) is 5.75 Å². The molecule has 1 aromatic carbocycles. The third-order valence-corrected chi connectivity index (χ3v) is 5.39. The van der Waals surface area contributed by atoms with E-state index in [2.05, 4.69) is 10.3 Å². The van der Waals surface area contributed by atoms with Gasteiger partial charge in [0.05, 0.1) is 12.8 Å². The Kier molecular flexibility index (Phi) is 5.10. The number of methoxy groups -OCH3 is 1. The number of anilines is 1. The van der Waals surface area contributed by atoms with Crippen molar-refractivity contribution in [3.05, 3.63) is 53.3 Å². The van der Waals surface area contributed by atoms with Crippen LogP contribution in [-0.2, 0) is 4.79 Å². The van der Waals surface area contributed by atoms with Crippen LogP contribution in [0.1, 0.15) is 23.2 Å². The van der Waals surface area contributed by atoms with E-state index in [9.17, 15) is 14.4 Å². The molecule has 2 aliphatic heterocycles. The van der Waals surface area contributed by atoms with E-state index in [0.29, 0.717) is 36.4 Å². The van der Waals surface area contributed by atoms with Gasteiger partial charge in [-0.05, 0) is 37.1 Å². The van der Waals surface area contributed by atoms with Crippen molar-refractivity contribution in [3.8, 4) is 5.75 Å². The van der Waals surface area contributed by atoms with Gasteiger partial charge in [-0.2, -0.15) is 0 Å². The molecule has 4 rings (SSSR count). The van der Waals surface area contributed by atoms with Crippen LogP contribution in [0.4, 0.5) is 10.5 Å². The molecule has 29 heavy (non-hydrogen) atoms. The third kappa shape index (κ3) is 3.63. The number of nitrogens with zero attached hydrogens (tertiary/aromatic N) is 3. The minimum atomic E-state index is -0.603. The number of carbonyl (C=O) groups excluding carboxylic acids is 3. The summed E-state index contributed by atoms with van der Waals surface area (Å²) in [6, 6.07) is 8.72. The fourth-order valence-electron chi connectivity index (χ4n) is 3.73. The Hall–Kier alpha value is -3.13. The van der Waals surface area contributed by atoms with Crippen molar-refractivity contribution < 1.29 is 19.1 Å². The predicted octanol–water partition coefficient (Wildman–Crippen LogP) is 2.47. The molecule has 2 aliphatic rings. The number of nitrogens with one attached hydrogen (secondary N) is 1. The van der Waals surface area contributed by atoms with E-state index in [4.69, 9.17) is 16.3 Å². The Morgan fingerprint density at radius 2 is 2.10 bits per heavy atom. The number of piperidine rings is 1. The molecule has 1 aromatic heterocycles. The molecule has 4 amide bonds. The first kappa shape index (κ1) is 19.2. The van der Waals surface area contributed by atoms with Gasteiger partial charge in [-0.1, -0.05) is 17.7 Å². The predicted molar refractivity (Wildman–Crippen MR) is 106 cm³/mol. The van der Waals surface area contributed by atoms with Gasteiger partial charge in [-0.25, -0.2) is 14.7 Å². The highest BCUT2D eigenvalue weighted by Crippen LogP contribution is 2.32. The van der Waals surface area contributed by atoms with Crippen LogP contribution in [0, 0.1) is 0 Å². The lowest BCUT2D eigenvalue weighted by atomic mass is 9.97. The number of halogens is 1. The number of aromatic nitrogens is 1. The molecule has 0 spiro atoms. The number of urea groups is 1. The smallest absolute Gasteiger partial charge is 0.332 e. The zero-order chi connectivity index (χ0) is 20.5. The second kappa shape index (κ2) is 7.71. The van der Waals surface area contributed by atoms with E-state index in [1.165, 1.54) is 24.3 Å². The van der Waals surface area contributed by atoms with Crippen LogP contribution in [0.3, 0.4) is 0 Å². The van der Waals surface area contributed by atoms with Crippen molar-refractivity contribution in [1.29, 1.82) is 0 Å². The Balaban J connectivity index is 1.48. The maximum absolute atomic E-state index is 13.0. The molecule has 1 N–H and O–H groups in total. The molecule has 0 bridgehead atoms. The van der Waals surface area contributed by atoms with Gasteiger partial charge < -0.3 is 15.0 Å². The van der Waals surface area contributed by atoms with Crippen LogP contribution in [0.15, 0.2) is 42.6 Å². The average molecular weight is 415 g/mol. The Labute approximate surface area is 172 Å². The lowest BCUT2D eigenvalue weighted by Gasteiger charge is -2.32. The number of imide groups is 1. The van der Waals surface area contributed by atoms with Crippen LogP contribution >= 0.6 is 11.6 Å². The minimum Gasteiger partial charge on any atom is -0.497 e. The quantitative estimate of drug-likeness (QED) is 0.613. The Morgan fingerprint density at radius 3 is 2.86 bits per heavy atom. The molecule has 2 atom stereocenters. The van der Waals surface area contributed by atoms with Gasteiger partial charge in [0.25, 0.3) is 11.8 Å². The van der Waals surface area contributed by atoms with Crippen molar-refractivity contribution >= 4 is 35.1 Å². The molecular formula is C20H19ClN4O4. The number of hydrogen-bond donors (Lipinski definition) is 1. The molecule has 2 unspecified atom stereocenters. The number of hydrogen-bond acceptors (Lipinski definition) is 5. The number of ether oxygens (including phenoxy) is 1. The van der Waals surface area contributed by atoms with E-state index >= 15 is 0 Å². The van der Waals surface area contributed by atoms with Gasteiger partial charge in [-0.3, -0.25) is 9.59 Å². The van der Waals surface area contributed by atoms with E-state index in [-0.39, 0.29) is 29.0 Å². The van der Waals surface area contributed by atoms with Crippen molar-refractivity contribution in [2.24, 2.45) is 0 Å². The number of benzene rings is 1. The summed E-state index contributed by atoms with van der Waals surface area (Å²) in [6.07, 6.45) is 2.38.